The lowest BCUT2D eigenvalue weighted by Gasteiger charge is -2.19. The van der Waals surface area contributed by atoms with Crippen molar-refractivity contribution in [2.24, 2.45) is 0 Å². The molecule has 0 aliphatic carbocycles. The summed E-state index contributed by atoms with van der Waals surface area (Å²) in [6, 6.07) is 2.77. The Bertz CT molecular complexity index is 368. The first-order chi connectivity index (χ1) is 6.50. The second-order valence-corrected chi connectivity index (χ2v) is 3.72. The van der Waals surface area contributed by atoms with Crippen molar-refractivity contribution in [2.75, 3.05) is 6.79 Å². The molecule has 1 aromatic rings. The summed E-state index contributed by atoms with van der Waals surface area (Å²) >= 11 is 0. The summed E-state index contributed by atoms with van der Waals surface area (Å²) in [6.07, 6.45) is 0. The van der Waals surface area contributed by atoms with Crippen molar-refractivity contribution >= 4 is 0 Å². The van der Waals surface area contributed by atoms with Gasteiger partial charge in [-0.2, -0.15) is 0 Å². The van der Waals surface area contributed by atoms with Gasteiger partial charge in [-0.3, -0.25) is 0 Å². The molecule has 0 radical (unpaired) electrons. The summed E-state index contributed by atoms with van der Waals surface area (Å²) in [6.45, 7) is 3.23. The van der Waals surface area contributed by atoms with Crippen LogP contribution in [0.25, 0.3) is 0 Å². The minimum atomic E-state index is -1.06. The number of hydrogen-bond acceptors (Lipinski definition) is 3. The van der Waals surface area contributed by atoms with Crippen LogP contribution in [0.3, 0.4) is 0 Å². The van der Waals surface area contributed by atoms with Crippen LogP contribution in [0.2, 0.25) is 0 Å². The highest BCUT2D eigenvalue weighted by Gasteiger charge is 2.29. The van der Waals surface area contributed by atoms with Crippen molar-refractivity contribution in [1.82, 2.24) is 0 Å². The van der Waals surface area contributed by atoms with Gasteiger partial charge in [0.05, 0.1) is 5.60 Å². The van der Waals surface area contributed by atoms with Gasteiger partial charge >= 0.3 is 0 Å². The molecule has 2 rings (SSSR count). The van der Waals surface area contributed by atoms with Gasteiger partial charge in [0.1, 0.15) is 0 Å². The summed E-state index contributed by atoms with van der Waals surface area (Å²) < 4.78 is 23.2. The maximum Gasteiger partial charge on any atom is 0.231 e. The van der Waals surface area contributed by atoms with Gasteiger partial charge in [-0.25, -0.2) is 4.39 Å². The molecule has 14 heavy (non-hydrogen) atoms. The van der Waals surface area contributed by atoms with Crippen molar-refractivity contribution in [3.05, 3.63) is 23.5 Å². The molecule has 0 aromatic heterocycles. The number of rotatable bonds is 1. The molecule has 0 amide bonds. The molecule has 0 saturated carbocycles. The first-order valence-corrected chi connectivity index (χ1v) is 4.31. The molecule has 0 unspecified atom stereocenters. The van der Waals surface area contributed by atoms with Crippen molar-refractivity contribution < 1.29 is 19.0 Å². The highest BCUT2D eigenvalue weighted by molar-refractivity contribution is 5.51. The zero-order valence-electron chi connectivity index (χ0n) is 8.00. The van der Waals surface area contributed by atoms with Gasteiger partial charge in [-0.15, -0.1) is 0 Å². The van der Waals surface area contributed by atoms with E-state index in [-0.39, 0.29) is 12.5 Å². The minimum absolute atomic E-state index is 0.000648. The second kappa shape index (κ2) is 2.85. The van der Waals surface area contributed by atoms with Gasteiger partial charge in [0.2, 0.25) is 12.5 Å². The van der Waals surface area contributed by atoms with Gasteiger partial charge in [0, 0.05) is 5.56 Å². The molecular formula is C10H11FO3. The van der Waals surface area contributed by atoms with E-state index in [1.165, 1.54) is 12.1 Å². The molecule has 1 N–H and O–H groups in total. The number of ether oxygens (including phenoxy) is 2. The van der Waals surface area contributed by atoms with Gasteiger partial charge in [-0.1, -0.05) is 0 Å². The van der Waals surface area contributed by atoms with Crippen molar-refractivity contribution in [1.29, 1.82) is 0 Å². The Morgan fingerprint density at radius 2 is 1.93 bits per heavy atom. The Kier molecular flexibility index (Phi) is 1.89. The minimum Gasteiger partial charge on any atom is -0.453 e. The molecular weight excluding hydrogens is 187 g/mol. The zero-order chi connectivity index (χ0) is 10.3. The quantitative estimate of drug-likeness (QED) is 0.747. The van der Waals surface area contributed by atoms with Crippen LogP contribution in [0.5, 0.6) is 11.5 Å². The number of hydrogen-bond donors (Lipinski definition) is 1. The molecule has 3 nitrogen and oxygen atoms in total. The molecule has 0 spiro atoms. The Balaban J connectivity index is 2.60. The Morgan fingerprint density at radius 1 is 1.29 bits per heavy atom. The number of aliphatic hydroxyl groups is 1. The number of benzene rings is 1. The van der Waals surface area contributed by atoms with Crippen LogP contribution >= 0.6 is 0 Å². The summed E-state index contributed by atoms with van der Waals surface area (Å²) in [5.41, 5.74) is -0.530. The molecule has 1 heterocycles. The van der Waals surface area contributed by atoms with Crippen LogP contribution in [-0.4, -0.2) is 11.9 Å². The predicted octanol–water partition coefficient (Wildman–Crippen LogP) is 1.78. The second-order valence-electron chi connectivity index (χ2n) is 3.72. The lowest BCUT2D eigenvalue weighted by molar-refractivity contribution is 0.0744. The topological polar surface area (TPSA) is 38.7 Å². The van der Waals surface area contributed by atoms with E-state index in [1.54, 1.807) is 13.8 Å². The van der Waals surface area contributed by atoms with Crippen LogP contribution in [0.15, 0.2) is 12.1 Å². The lowest BCUT2D eigenvalue weighted by atomic mass is 9.97. The molecule has 1 aliphatic heterocycles. The maximum atomic E-state index is 13.2. The van der Waals surface area contributed by atoms with Crippen LogP contribution in [0.4, 0.5) is 4.39 Å². The average Bonchev–Trinajstić information content (AvgIpc) is 2.50. The first kappa shape index (κ1) is 9.27. The highest BCUT2D eigenvalue weighted by Crippen LogP contribution is 2.42. The van der Waals surface area contributed by atoms with E-state index in [1.807, 2.05) is 0 Å². The third-order valence-electron chi connectivity index (χ3n) is 2.13. The molecule has 0 bridgehead atoms. The average molecular weight is 198 g/mol. The van der Waals surface area contributed by atoms with E-state index in [4.69, 9.17) is 9.47 Å². The van der Waals surface area contributed by atoms with Crippen molar-refractivity contribution in [3.63, 3.8) is 0 Å². The molecule has 0 atom stereocenters. The normalized spacial score (nSPS) is 14.6. The molecule has 76 valence electrons. The fourth-order valence-corrected chi connectivity index (χ4v) is 1.45. The smallest absolute Gasteiger partial charge is 0.231 e. The number of fused-ring (bicyclic) bond motifs is 1. The van der Waals surface area contributed by atoms with Crippen molar-refractivity contribution in [2.45, 2.75) is 19.4 Å². The molecule has 1 aliphatic rings. The molecule has 1 aromatic carbocycles. The summed E-state index contributed by atoms with van der Waals surface area (Å²) in [5, 5.41) is 9.79. The van der Waals surface area contributed by atoms with E-state index >= 15 is 0 Å². The van der Waals surface area contributed by atoms with Gasteiger partial charge in [0.25, 0.3) is 0 Å². The SMILES string of the molecule is CC(C)(O)c1ccc(F)c2c1OCO2. The largest absolute Gasteiger partial charge is 0.453 e. The fraction of sp³-hybridized carbons (Fsp3) is 0.400. The van der Waals surface area contributed by atoms with Crippen LogP contribution in [-0.2, 0) is 5.60 Å². The third-order valence-corrected chi connectivity index (χ3v) is 2.13. The molecule has 4 heteroatoms. The predicted molar refractivity (Wildman–Crippen MR) is 47.8 cm³/mol. The van der Waals surface area contributed by atoms with E-state index in [2.05, 4.69) is 0 Å². The first-order valence-electron chi connectivity index (χ1n) is 4.31. The fourth-order valence-electron chi connectivity index (χ4n) is 1.45. The highest BCUT2D eigenvalue weighted by atomic mass is 19.1. The van der Waals surface area contributed by atoms with Crippen LogP contribution < -0.4 is 9.47 Å². The van der Waals surface area contributed by atoms with Crippen LogP contribution in [0.1, 0.15) is 19.4 Å². The van der Waals surface area contributed by atoms with E-state index < -0.39 is 11.4 Å². The monoisotopic (exact) mass is 198 g/mol. The standard InChI is InChI=1S/C10H11FO3/c1-10(2,12)6-3-4-7(11)9-8(6)13-5-14-9/h3-4,12H,5H2,1-2H3. The van der Waals surface area contributed by atoms with Crippen molar-refractivity contribution in [3.8, 4) is 11.5 Å². The van der Waals surface area contributed by atoms with E-state index in [0.717, 1.165) is 0 Å². The van der Waals surface area contributed by atoms with Gasteiger partial charge < -0.3 is 14.6 Å². The third kappa shape index (κ3) is 1.32. The van der Waals surface area contributed by atoms with Crippen LogP contribution in [0, 0.1) is 5.82 Å². The summed E-state index contributed by atoms with van der Waals surface area (Å²) in [7, 11) is 0. The molecule has 0 saturated heterocycles. The van der Waals surface area contributed by atoms with Gasteiger partial charge in [-0.05, 0) is 26.0 Å². The zero-order valence-corrected chi connectivity index (χ0v) is 8.00. The maximum absolute atomic E-state index is 13.2. The Morgan fingerprint density at radius 3 is 2.57 bits per heavy atom. The Labute approximate surface area is 81.1 Å². The Hall–Kier alpha value is -1.29. The van der Waals surface area contributed by atoms with E-state index in [0.29, 0.717) is 11.3 Å². The summed E-state index contributed by atoms with van der Waals surface area (Å²) in [5.74, 6) is -0.0763. The summed E-state index contributed by atoms with van der Waals surface area (Å²) in [4.78, 5) is 0. The number of halogens is 1. The van der Waals surface area contributed by atoms with Gasteiger partial charge in [0.15, 0.2) is 11.6 Å². The lowest BCUT2D eigenvalue weighted by Crippen LogP contribution is -2.16. The van der Waals surface area contributed by atoms with E-state index in [9.17, 15) is 9.50 Å². The molecule has 0 fully saturated rings.